The lowest BCUT2D eigenvalue weighted by Gasteiger charge is -1.96. The number of carbonyl (C=O) groups is 1. The quantitative estimate of drug-likeness (QED) is 0.805. The van der Waals surface area contributed by atoms with Gasteiger partial charge in [0.05, 0.1) is 12.1 Å². The number of H-pyrrole nitrogens is 1. The van der Waals surface area contributed by atoms with E-state index >= 15 is 0 Å². The summed E-state index contributed by atoms with van der Waals surface area (Å²) in [6.45, 7) is 0.0411. The van der Waals surface area contributed by atoms with E-state index in [9.17, 15) is 4.79 Å². The Morgan fingerprint density at radius 2 is 2.29 bits per heavy atom. The van der Waals surface area contributed by atoms with Gasteiger partial charge in [0.15, 0.2) is 5.78 Å². The zero-order valence-corrected chi connectivity index (χ0v) is 8.97. The second-order valence-corrected chi connectivity index (χ2v) is 3.85. The Bertz CT molecular complexity index is 490. The molecule has 14 heavy (non-hydrogen) atoms. The van der Waals surface area contributed by atoms with Crippen LogP contribution in [0.3, 0.4) is 0 Å². The Balaban J connectivity index is 2.70. The summed E-state index contributed by atoms with van der Waals surface area (Å²) >= 11 is 3.41. The van der Waals surface area contributed by atoms with E-state index in [4.69, 9.17) is 5.73 Å². The Morgan fingerprint density at radius 1 is 1.50 bits per heavy atom. The molecule has 72 valence electrons. The van der Waals surface area contributed by atoms with Gasteiger partial charge >= 0.3 is 0 Å². The fourth-order valence-corrected chi connectivity index (χ4v) is 1.94. The van der Waals surface area contributed by atoms with Crippen molar-refractivity contribution in [1.29, 1.82) is 0 Å². The van der Waals surface area contributed by atoms with Crippen LogP contribution in [0.4, 0.5) is 0 Å². The number of Topliss-reactive ketones (excluding diaryl/α,β-unsaturated/α-hetero) is 1. The van der Waals surface area contributed by atoms with Crippen molar-refractivity contribution in [3.05, 3.63) is 34.4 Å². The lowest BCUT2D eigenvalue weighted by atomic mass is 10.1. The third-order valence-electron chi connectivity index (χ3n) is 2.15. The molecule has 2 aromatic rings. The summed E-state index contributed by atoms with van der Waals surface area (Å²) in [7, 11) is 0. The molecule has 3 nitrogen and oxygen atoms in total. The number of carbonyl (C=O) groups excluding carboxylic acids is 1. The van der Waals surface area contributed by atoms with Gasteiger partial charge in [0.1, 0.15) is 0 Å². The first-order valence-corrected chi connectivity index (χ1v) is 5.02. The van der Waals surface area contributed by atoms with E-state index in [1.54, 1.807) is 6.20 Å². The van der Waals surface area contributed by atoms with Crippen molar-refractivity contribution in [2.24, 2.45) is 5.73 Å². The number of benzene rings is 1. The van der Waals surface area contributed by atoms with Crippen LogP contribution in [0.2, 0.25) is 0 Å². The number of fused-ring (bicyclic) bond motifs is 1. The third kappa shape index (κ3) is 1.36. The van der Waals surface area contributed by atoms with Crippen LogP contribution in [0.5, 0.6) is 0 Å². The van der Waals surface area contributed by atoms with Crippen molar-refractivity contribution in [2.45, 2.75) is 0 Å². The van der Waals surface area contributed by atoms with Gasteiger partial charge in [-0.15, -0.1) is 0 Å². The Labute approximate surface area is 89.4 Å². The van der Waals surface area contributed by atoms with E-state index < -0.39 is 0 Å². The molecular weight excluding hydrogens is 244 g/mol. The van der Waals surface area contributed by atoms with Gasteiger partial charge in [0.25, 0.3) is 0 Å². The van der Waals surface area contributed by atoms with Gasteiger partial charge in [-0.1, -0.05) is 12.1 Å². The maximum absolute atomic E-state index is 11.4. The van der Waals surface area contributed by atoms with Gasteiger partial charge in [-0.3, -0.25) is 4.79 Å². The zero-order valence-electron chi connectivity index (χ0n) is 7.38. The number of para-hydroxylation sites is 1. The molecular formula is C10H9BrN2O. The zero-order chi connectivity index (χ0) is 10.1. The average molecular weight is 253 g/mol. The molecule has 0 radical (unpaired) electrons. The van der Waals surface area contributed by atoms with E-state index in [0.717, 1.165) is 15.4 Å². The molecule has 0 fully saturated rings. The number of aromatic amines is 1. The molecule has 4 heteroatoms. The number of halogens is 1. The lowest BCUT2D eigenvalue weighted by molar-refractivity contribution is 0.100. The van der Waals surface area contributed by atoms with Crippen LogP contribution in [0.25, 0.3) is 10.9 Å². The first kappa shape index (κ1) is 9.43. The number of nitrogens with one attached hydrogen (secondary N) is 1. The van der Waals surface area contributed by atoms with Gasteiger partial charge in [0, 0.05) is 21.6 Å². The Kier molecular flexibility index (Phi) is 2.39. The van der Waals surface area contributed by atoms with Gasteiger partial charge in [-0.2, -0.15) is 0 Å². The molecule has 1 aromatic heterocycles. The topological polar surface area (TPSA) is 58.9 Å². The monoisotopic (exact) mass is 252 g/mol. The summed E-state index contributed by atoms with van der Waals surface area (Å²) in [4.78, 5) is 14.5. The minimum Gasteiger partial charge on any atom is -0.360 e. The molecule has 0 spiro atoms. The molecule has 0 saturated heterocycles. The normalized spacial score (nSPS) is 10.7. The fourth-order valence-electron chi connectivity index (χ4n) is 1.46. The lowest BCUT2D eigenvalue weighted by Crippen LogP contribution is -2.12. The molecule has 0 saturated carbocycles. The van der Waals surface area contributed by atoms with Gasteiger partial charge in [-0.05, 0) is 22.0 Å². The van der Waals surface area contributed by atoms with Crippen molar-refractivity contribution >= 4 is 32.6 Å². The maximum Gasteiger partial charge on any atom is 0.178 e. The van der Waals surface area contributed by atoms with Crippen molar-refractivity contribution < 1.29 is 4.79 Å². The highest BCUT2D eigenvalue weighted by atomic mass is 79.9. The second-order valence-electron chi connectivity index (χ2n) is 2.99. The molecule has 0 aliphatic heterocycles. The van der Waals surface area contributed by atoms with E-state index in [0.29, 0.717) is 5.56 Å². The van der Waals surface area contributed by atoms with E-state index in [2.05, 4.69) is 20.9 Å². The molecule has 0 aliphatic rings. The van der Waals surface area contributed by atoms with Crippen LogP contribution < -0.4 is 5.73 Å². The number of aromatic nitrogens is 1. The molecule has 1 heterocycles. The van der Waals surface area contributed by atoms with Gasteiger partial charge in [0.2, 0.25) is 0 Å². The summed E-state index contributed by atoms with van der Waals surface area (Å²) in [6.07, 6.45) is 1.70. The molecule has 0 unspecified atom stereocenters. The summed E-state index contributed by atoms with van der Waals surface area (Å²) in [6, 6.07) is 5.72. The van der Waals surface area contributed by atoms with Gasteiger partial charge < -0.3 is 10.7 Å². The smallest absolute Gasteiger partial charge is 0.178 e. The van der Waals surface area contributed by atoms with Crippen molar-refractivity contribution in [1.82, 2.24) is 4.98 Å². The fraction of sp³-hybridized carbons (Fsp3) is 0.100. The number of ketones is 1. The van der Waals surface area contributed by atoms with E-state index in [-0.39, 0.29) is 12.3 Å². The third-order valence-corrected chi connectivity index (χ3v) is 2.81. The minimum atomic E-state index is -0.0469. The molecule has 0 aliphatic carbocycles. The highest BCUT2D eigenvalue weighted by Gasteiger charge is 2.10. The van der Waals surface area contributed by atoms with Crippen LogP contribution >= 0.6 is 15.9 Å². The summed E-state index contributed by atoms with van der Waals surface area (Å²) in [5.41, 5.74) is 6.91. The Hall–Kier alpha value is -1.13. The average Bonchev–Trinajstić information content (AvgIpc) is 2.62. The van der Waals surface area contributed by atoms with E-state index in [1.807, 2.05) is 18.2 Å². The number of hydrogen-bond donors (Lipinski definition) is 2. The predicted molar refractivity (Wildman–Crippen MR) is 59.4 cm³/mol. The highest BCUT2D eigenvalue weighted by molar-refractivity contribution is 9.10. The maximum atomic E-state index is 11.4. The van der Waals surface area contributed by atoms with Crippen LogP contribution in [-0.2, 0) is 0 Å². The number of nitrogens with two attached hydrogens (primary N) is 1. The molecule has 2 rings (SSSR count). The van der Waals surface area contributed by atoms with Crippen molar-refractivity contribution in [2.75, 3.05) is 6.54 Å². The molecule has 3 N–H and O–H groups in total. The molecule has 0 bridgehead atoms. The highest BCUT2D eigenvalue weighted by Crippen LogP contribution is 2.25. The van der Waals surface area contributed by atoms with Crippen LogP contribution in [0.1, 0.15) is 10.4 Å². The van der Waals surface area contributed by atoms with Crippen molar-refractivity contribution in [3.63, 3.8) is 0 Å². The van der Waals surface area contributed by atoms with Crippen LogP contribution in [0.15, 0.2) is 28.9 Å². The first-order chi connectivity index (χ1) is 6.74. The van der Waals surface area contributed by atoms with Crippen LogP contribution in [-0.4, -0.2) is 17.3 Å². The minimum absolute atomic E-state index is 0.0411. The largest absolute Gasteiger partial charge is 0.360 e. The number of rotatable bonds is 2. The molecule has 1 aromatic carbocycles. The van der Waals surface area contributed by atoms with Crippen LogP contribution in [0, 0.1) is 0 Å². The number of hydrogen-bond acceptors (Lipinski definition) is 2. The van der Waals surface area contributed by atoms with Crippen molar-refractivity contribution in [3.8, 4) is 0 Å². The van der Waals surface area contributed by atoms with E-state index in [1.165, 1.54) is 0 Å². The molecule has 0 atom stereocenters. The van der Waals surface area contributed by atoms with Gasteiger partial charge in [-0.25, -0.2) is 0 Å². The Morgan fingerprint density at radius 3 is 3.00 bits per heavy atom. The second kappa shape index (κ2) is 3.55. The first-order valence-electron chi connectivity index (χ1n) is 4.23. The molecule has 0 amide bonds. The predicted octanol–water partition coefficient (Wildman–Crippen LogP) is 2.07. The summed E-state index contributed by atoms with van der Waals surface area (Å²) < 4.78 is 0.950. The standard InChI is InChI=1S/C10H9BrN2O/c11-8-3-1-2-6-7(9(14)4-12)5-13-10(6)8/h1-3,5,13H,4,12H2. The summed E-state index contributed by atoms with van der Waals surface area (Å²) in [5.74, 6) is -0.0469. The SMILES string of the molecule is NCC(=O)c1c[nH]c2c(Br)cccc12. The summed E-state index contributed by atoms with van der Waals surface area (Å²) in [5, 5.41) is 0.912.